The van der Waals surface area contributed by atoms with Crippen molar-refractivity contribution < 1.29 is 4.79 Å². The summed E-state index contributed by atoms with van der Waals surface area (Å²) in [7, 11) is 0. The molecule has 2 aromatic carbocycles. The molecule has 0 saturated heterocycles. The van der Waals surface area contributed by atoms with Gasteiger partial charge in [0.2, 0.25) is 0 Å². The third-order valence-electron chi connectivity index (χ3n) is 2.82. The van der Waals surface area contributed by atoms with E-state index < -0.39 is 0 Å². The number of rotatable bonds is 2. The maximum atomic E-state index is 12.2. The lowest BCUT2D eigenvalue weighted by Gasteiger charge is -2.11. The second-order valence-corrected chi connectivity index (χ2v) is 5.64. The molecule has 1 amide bonds. The Morgan fingerprint density at radius 2 is 1.95 bits per heavy atom. The van der Waals surface area contributed by atoms with Gasteiger partial charge in [0.05, 0.1) is 11.3 Å². The Bertz CT molecular complexity index is 688. The Morgan fingerprint density at radius 1 is 1.25 bits per heavy atom. The molecule has 0 radical (unpaired) electrons. The summed E-state index contributed by atoms with van der Waals surface area (Å²) in [5, 5.41) is 3.34. The number of nitrogens with one attached hydrogen (secondary N) is 1. The highest BCUT2D eigenvalue weighted by atomic mass is 79.9. The second-order valence-electron chi connectivity index (χ2n) is 4.38. The van der Waals surface area contributed by atoms with Crippen LogP contribution >= 0.6 is 27.5 Å². The van der Waals surface area contributed by atoms with Gasteiger partial charge in [-0.15, -0.1) is 0 Å². The molecule has 0 saturated carbocycles. The summed E-state index contributed by atoms with van der Waals surface area (Å²) in [5.74, 6) is -0.317. The molecule has 0 spiro atoms. The van der Waals surface area contributed by atoms with E-state index in [1.807, 2.05) is 13.0 Å². The first kappa shape index (κ1) is 14.7. The number of amides is 1. The zero-order valence-corrected chi connectivity index (χ0v) is 13.0. The van der Waals surface area contributed by atoms with Crippen molar-refractivity contribution in [3.05, 3.63) is 51.0 Å². The van der Waals surface area contributed by atoms with Gasteiger partial charge in [0.25, 0.3) is 5.91 Å². The number of carbonyl (C=O) groups excluding carboxylic acids is 1. The summed E-state index contributed by atoms with van der Waals surface area (Å²) in [4.78, 5) is 12.2. The lowest BCUT2D eigenvalue weighted by molar-refractivity contribution is 0.102. The Balaban J connectivity index is 2.30. The van der Waals surface area contributed by atoms with E-state index >= 15 is 0 Å². The molecule has 2 aromatic rings. The quantitative estimate of drug-likeness (QED) is 0.717. The second kappa shape index (κ2) is 5.73. The van der Waals surface area contributed by atoms with Crippen LogP contribution in [0.15, 0.2) is 34.8 Å². The van der Waals surface area contributed by atoms with Crippen molar-refractivity contribution in [1.29, 1.82) is 0 Å². The standard InChI is InChI=1S/C14H13BrClN3O/c1-7-4-10(15)13(6-11(7)16)19-14(20)9-3-2-8(17)5-12(9)18/h2-6H,17-18H2,1H3,(H,19,20). The van der Waals surface area contributed by atoms with E-state index in [1.54, 1.807) is 24.3 Å². The van der Waals surface area contributed by atoms with E-state index in [4.69, 9.17) is 23.1 Å². The highest BCUT2D eigenvalue weighted by Gasteiger charge is 2.12. The van der Waals surface area contributed by atoms with Crippen LogP contribution in [0, 0.1) is 6.92 Å². The molecule has 0 bridgehead atoms. The minimum Gasteiger partial charge on any atom is -0.399 e. The SMILES string of the molecule is Cc1cc(Br)c(NC(=O)c2ccc(N)cc2N)cc1Cl. The molecule has 0 aliphatic carbocycles. The third kappa shape index (κ3) is 3.05. The van der Waals surface area contributed by atoms with Gasteiger partial charge in [-0.25, -0.2) is 0 Å². The molecule has 0 heterocycles. The van der Waals surface area contributed by atoms with Gasteiger partial charge >= 0.3 is 0 Å². The van der Waals surface area contributed by atoms with Gasteiger partial charge in [0.1, 0.15) is 0 Å². The first-order chi connectivity index (χ1) is 9.38. The van der Waals surface area contributed by atoms with Crippen LogP contribution in [0.4, 0.5) is 17.1 Å². The number of anilines is 3. The van der Waals surface area contributed by atoms with E-state index in [0.29, 0.717) is 27.6 Å². The van der Waals surface area contributed by atoms with Gasteiger partial charge in [0, 0.05) is 20.9 Å². The van der Waals surface area contributed by atoms with Crippen LogP contribution in [-0.2, 0) is 0 Å². The highest BCUT2D eigenvalue weighted by molar-refractivity contribution is 9.10. The van der Waals surface area contributed by atoms with Crippen molar-refractivity contribution in [3.8, 4) is 0 Å². The normalized spacial score (nSPS) is 10.3. The van der Waals surface area contributed by atoms with Gasteiger partial charge in [0.15, 0.2) is 0 Å². The summed E-state index contributed by atoms with van der Waals surface area (Å²) in [6.45, 7) is 1.89. The smallest absolute Gasteiger partial charge is 0.257 e. The van der Waals surface area contributed by atoms with Crippen molar-refractivity contribution in [2.24, 2.45) is 0 Å². The van der Waals surface area contributed by atoms with Crippen molar-refractivity contribution in [2.75, 3.05) is 16.8 Å². The Hall–Kier alpha value is -1.72. The van der Waals surface area contributed by atoms with Crippen molar-refractivity contribution in [3.63, 3.8) is 0 Å². The van der Waals surface area contributed by atoms with Crippen LogP contribution in [0.1, 0.15) is 15.9 Å². The van der Waals surface area contributed by atoms with Crippen LogP contribution < -0.4 is 16.8 Å². The van der Waals surface area contributed by atoms with E-state index in [0.717, 1.165) is 10.0 Å². The zero-order valence-electron chi connectivity index (χ0n) is 10.7. The maximum absolute atomic E-state index is 12.2. The summed E-state index contributed by atoms with van der Waals surface area (Å²) in [6, 6.07) is 8.29. The average molecular weight is 355 g/mol. The minimum atomic E-state index is -0.317. The fourth-order valence-electron chi connectivity index (χ4n) is 1.72. The van der Waals surface area contributed by atoms with Crippen molar-refractivity contribution in [2.45, 2.75) is 6.92 Å². The van der Waals surface area contributed by atoms with Gasteiger partial charge < -0.3 is 16.8 Å². The minimum absolute atomic E-state index is 0.317. The summed E-state index contributed by atoms with van der Waals surface area (Å²) < 4.78 is 0.752. The molecule has 0 aliphatic heterocycles. The molecule has 4 nitrogen and oxygen atoms in total. The molecule has 104 valence electrons. The topological polar surface area (TPSA) is 81.1 Å². The monoisotopic (exact) mass is 353 g/mol. The molecule has 20 heavy (non-hydrogen) atoms. The van der Waals surface area contributed by atoms with Gasteiger partial charge in [-0.3, -0.25) is 4.79 Å². The molecule has 5 N–H and O–H groups in total. The molecule has 0 atom stereocenters. The Kier molecular flexibility index (Phi) is 4.20. The largest absolute Gasteiger partial charge is 0.399 e. The van der Waals surface area contributed by atoms with Crippen molar-refractivity contribution in [1.82, 2.24) is 0 Å². The number of nitrogen functional groups attached to an aromatic ring is 2. The summed E-state index contributed by atoms with van der Waals surface area (Å²) in [6.07, 6.45) is 0. The van der Waals surface area contributed by atoms with Gasteiger partial charge in [-0.2, -0.15) is 0 Å². The van der Waals surface area contributed by atoms with E-state index in [2.05, 4.69) is 21.2 Å². The highest BCUT2D eigenvalue weighted by Crippen LogP contribution is 2.30. The van der Waals surface area contributed by atoms with Crippen molar-refractivity contribution >= 4 is 50.5 Å². The molecule has 0 aliphatic rings. The van der Waals surface area contributed by atoms with E-state index in [1.165, 1.54) is 0 Å². The fourth-order valence-corrected chi connectivity index (χ4v) is 2.44. The maximum Gasteiger partial charge on any atom is 0.257 e. The predicted octanol–water partition coefficient (Wildman–Crippen LogP) is 3.83. The first-order valence-electron chi connectivity index (χ1n) is 5.80. The summed E-state index contributed by atoms with van der Waals surface area (Å²) in [5.41, 5.74) is 14.1. The van der Waals surface area contributed by atoms with Crippen LogP contribution in [0.25, 0.3) is 0 Å². The lowest BCUT2D eigenvalue weighted by atomic mass is 10.1. The number of halogens is 2. The number of carbonyl (C=O) groups is 1. The third-order valence-corrected chi connectivity index (χ3v) is 3.88. The van der Waals surface area contributed by atoms with Gasteiger partial charge in [-0.05, 0) is 58.7 Å². The number of hydrogen-bond donors (Lipinski definition) is 3. The number of hydrogen-bond acceptors (Lipinski definition) is 3. The van der Waals surface area contributed by atoms with Gasteiger partial charge in [-0.1, -0.05) is 11.6 Å². The molecule has 6 heteroatoms. The zero-order chi connectivity index (χ0) is 14.9. The average Bonchev–Trinajstić information content (AvgIpc) is 2.35. The van der Waals surface area contributed by atoms with Crippen LogP contribution in [0.3, 0.4) is 0 Å². The Labute approximate surface area is 130 Å². The molecule has 0 fully saturated rings. The fraction of sp³-hybridized carbons (Fsp3) is 0.0714. The number of nitrogens with two attached hydrogens (primary N) is 2. The number of benzene rings is 2. The lowest BCUT2D eigenvalue weighted by Crippen LogP contribution is -2.14. The Morgan fingerprint density at radius 3 is 2.60 bits per heavy atom. The van der Waals surface area contributed by atoms with E-state index in [-0.39, 0.29) is 5.91 Å². The first-order valence-corrected chi connectivity index (χ1v) is 6.97. The summed E-state index contributed by atoms with van der Waals surface area (Å²) >= 11 is 9.44. The molecule has 0 aromatic heterocycles. The van der Waals surface area contributed by atoms with E-state index in [9.17, 15) is 4.79 Å². The molecular formula is C14H13BrClN3O. The molecule has 0 unspecified atom stereocenters. The van der Waals surface area contributed by atoms with Crippen LogP contribution in [-0.4, -0.2) is 5.91 Å². The predicted molar refractivity (Wildman–Crippen MR) is 87.1 cm³/mol. The van der Waals surface area contributed by atoms with Crippen LogP contribution in [0.5, 0.6) is 0 Å². The molecule has 2 rings (SSSR count). The number of aryl methyl sites for hydroxylation is 1. The van der Waals surface area contributed by atoms with Crippen LogP contribution in [0.2, 0.25) is 5.02 Å². The molecular weight excluding hydrogens is 342 g/mol.